The molecule has 11 heavy (non-hydrogen) atoms. The van der Waals surface area contributed by atoms with Gasteiger partial charge in [-0.3, -0.25) is 0 Å². The van der Waals surface area contributed by atoms with E-state index in [1.807, 2.05) is 0 Å². The minimum Gasteiger partial charge on any atom is -0.361 e. The highest BCUT2D eigenvalue weighted by Gasteiger charge is 2.58. The van der Waals surface area contributed by atoms with Gasteiger partial charge in [0, 0.05) is 6.42 Å². The second-order valence-electron chi connectivity index (χ2n) is 3.69. The Morgan fingerprint density at radius 2 is 2.27 bits per heavy atom. The first-order chi connectivity index (χ1) is 5.30. The Balaban J connectivity index is 2.18. The van der Waals surface area contributed by atoms with Crippen LogP contribution in [0.1, 0.15) is 24.2 Å². The van der Waals surface area contributed by atoms with Crippen LogP contribution in [-0.2, 0) is 11.2 Å². The molecule has 2 aliphatic rings. The number of benzene rings is 1. The molecule has 0 N–H and O–H groups in total. The van der Waals surface area contributed by atoms with Crippen LogP contribution in [0.25, 0.3) is 0 Å². The molecule has 1 aliphatic heterocycles. The standard InChI is InChI=1S/C10H10O/c1-10-6-7-4-2-3-5-8(7)9(10)11-10/h2-5,9H,6H2,1H3/t9-,10?/m0/s1. The van der Waals surface area contributed by atoms with Crippen LogP contribution in [-0.4, -0.2) is 5.60 Å². The molecule has 2 atom stereocenters. The molecule has 1 heteroatoms. The van der Waals surface area contributed by atoms with Crippen LogP contribution in [0.5, 0.6) is 0 Å². The molecule has 1 unspecified atom stereocenters. The fourth-order valence-corrected chi connectivity index (χ4v) is 2.09. The van der Waals surface area contributed by atoms with E-state index in [0.717, 1.165) is 6.42 Å². The summed E-state index contributed by atoms with van der Waals surface area (Å²) in [6.45, 7) is 2.19. The van der Waals surface area contributed by atoms with Crippen molar-refractivity contribution in [1.29, 1.82) is 0 Å². The Bertz CT molecular complexity index is 318. The average molecular weight is 146 g/mol. The Kier molecular flexibility index (Phi) is 0.793. The van der Waals surface area contributed by atoms with Gasteiger partial charge in [0.25, 0.3) is 0 Å². The smallest absolute Gasteiger partial charge is 0.113 e. The average Bonchev–Trinajstić information content (AvgIpc) is 2.56. The largest absolute Gasteiger partial charge is 0.361 e. The minimum atomic E-state index is 0.170. The molecule has 0 spiro atoms. The number of fused-ring (bicyclic) bond motifs is 3. The topological polar surface area (TPSA) is 12.5 Å². The first-order valence-corrected chi connectivity index (χ1v) is 4.05. The van der Waals surface area contributed by atoms with E-state index in [1.54, 1.807) is 0 Å². The van der Waals surface area contributed by atoms with E-state index in [-0.39, 0.29) is 5.60 Å². The normalized spacial score (nSPS) is 38.1. The van der Waals surface area contributed by atoms with Crippen molar-refractivity contribution in [2.24, 2.45) is 0 Å². The molecule has 0 amide bonds. The second kappa shape index (κ2) is 1.51. The van der Waals surface area contributed by atoms with Crippen molar-refractivity contribution in [2.45, 2.75) is 25.0 Å². The molecule has 0 aromatic heterocycles. The van der Waals surface area contributed by atoms with Gasteiger partial charge in [0.05, 0.1) is 0 Å². The summed E-state index contributed by atoms with van der Waals surface area (Å²) in [5, 5.41) is 0. The molecule has 1 nitrogen and oxygen atoms in total. The van der Waals surface area contributed by atoms with Crippen molar-refractivity contribution in [3.63, 3.8) is 0 Å². The monoisotopic (exact) mass is 146 g/mol. The third kappa shape index (κ3) is 0.596. The molecular formula is C10H10O. The van der Waals surface area contributed by atoms with Gasteiger partial charge in [-0.15, -0.1) is 0 Å². The molecule has 3 rings (SSSR count). The third-order valence-corrected chi connectivity index (χ3v) is 2.76. The Morgan fingerprint density at radius 3 is 3.09 bits per heavy atom. The van der Waals surface area contributed by atoms with Gasteiger partial charge in [-0.1, -0.05) is 24.3 Å². The van der Waals surface area contributed by atoms with Gasteiger partial charge < -0.3 is 4.74 Å². The Labute approximate surface area is 66.0 Å². The number of ether oxygens (including phenoxy) is 1. The summed E-state index contributed by atoms with van der Waals surface area (Å²) < 4.78 is 5.57. The summed E-state index contributed by atoms with van der Waals surface area (Å²) >= 11 is 0. The maximum atomic E-state index is 5.57. The van der Waals surface area contributed by atoms with Crippen LogP contribution in [0.15, 0.2) is 24.3 Å². The van der Waals surface area contributed by atoms with Gasteiger partial charge in [0.2, 0.25) is 0 Å². The zero-order chi connectivity index (χ0) is 7.47. The number of hydrogen-bond donors (Lipinski definition) is 0. The summed E-state index contributed by atoms with van der Waals surface area (Å²) in [6.07, 6.45) is 1.52. The van der Waals surface area contributed by atoms with E-state index in [9.17, 15) is 0 Å². The highest BCUT2D eigenvalue weighted by Crippen LogP contribution is 2.57. The molecule has 1 aliphatic carbocycles. The molecule has 0 bridgehead atoms. The minimum absolute atomic E-state index is 0.170. The van der Waals surface area contributed by atoms with Crippen molar-refractivity contribution in [1.82, 2.24) is 0 Å². The van der Waals surface area contributed by atoms with Crippen molar-refractivity contribution in [2.75, 3.05) is 0 Å². The molecule has 1 fully saturated rings. The third-order valence-electron chi connectivity index (χ3n) is 2.76. The van der Waals surface area contributed by atoms with E-state index in [1.165, 1.54) is 11.1 Å². The molecule has 1 aromatic rings. The van der Waals surface area contributed by atoms with Crippen LogP contribution >= 0.6 is 0 Å². The predicted octanol–water partition coefficient (Wildman–Crippen LogP) is 2.07. The maximum Gasteiger partial charge on any atom is 0.113 e. The lowest BCUT2D eigenvalue weighted by Gasteiger charge is -2.01. The van der Waals surface area contributed by atoms with Crippen LogP contribution in [0.3, 0.4) is 0 Å². The second-order valence-corrected chi connectivity index (χ2v) is 3.69. The summed E-state index contributed by atoms with van der Waals surface area (Å²) in [7, 11) is 0. The van der Waals surface area contributed by atoms with Crippen molar-refractivity contribution < 1.29 is 4.74 Å². The first-order valence-electron chi connectivity index (χ1n) is 4.05. The van der Waals surface area contributed by atoms with Crippen LogP contribution < -0.4 is 0 Å². The Morgan fingerprint density at radius 1 is 1.45 bits per heavy atom. The summed E-state index contributed by atoms with van der Waals surface area (Å²) in [5.74, 6) is 0. The van der Waals surface area contributed by atoms with E-state index in [4.69, 9.17) is 4.74 Å². The van der Waals surface area contributed by atoms with Crippen molar-refractivity contribution >= 4 is 0 Å². The van der Waals surface area contributed by atoms with E-state index in [0.29, 0.717) is 6.10 Å². The molecule has 0 radical (unpaired) electrons. The fraction of sp³-hybridized carbons (Fsp3) is 0.400. The number of rotatable bonds is 0. The Hall–Kier alpha value is -0.820. The quantitative estimate of drug-likeness (QED) is 0.510. The molecular weight excluding hydrogens is 136 g/mol. The number of hydrogen-bond acceptors (Lipinski definition) is 1. The van der Waals surface area contributed by atoms with E-state index in [2.05, 4.69) is 31.2 Å². The van der Waals surface area contributed by atoms with E-state index < -0.39 is 0 Å². The van der Waals surface area contributed by atoms with Crippen LogP contribution in [0, 0.1) is 0 Å². The van der Waals surface area contributed by atoms with Gasteiger partial charge in [-0.05, 0) is 18.1 Å². The van der Waals surface area contributed by atoms with Gasteiger partial charge in [0.15, 0.2) is 0 Å². The summed E-state index contributed by atoms with van der Waals surface area (Å²) in [5.41, 5.74) is 3.06. The SMILES string of the molecule is CC12Cc3ccccc3[C@@H]1O2. The molecule has 56 valence electrons. The molecule has 1 saturated heterocycles. The fourth-order valence-electron chi connectivity index (χ4n) is 2.09. The lowest BCUT2D eigenvalue weighted by molar-refractivity contribution is 0.298. The highest BCUT2D eigenvalue weighted by atomic mass is 16.6. The predicted molar refractivity (Wildman–Crippen MR) is 42.4 cm³/mol. The zero-order valence-electron chi connectivity index (χ0n) is 6.50. The van der Waals surface area contributed by atoms with Gasteiger partial charge in [-0.25, -0.2) is 0 Å². The van der Waals surface area contributed by atoms with Crippen molar-refractivity contribution in [3.8, 4) is 0 Å². The molecule has 1 heterocycles. The highest BCUT2D eigenvalue weighted by molar-refractivity contribution is 5.42. The maximum absolute atomic E-state index is 5.57. The van der Waals surface area contributed by atoms with Gasteiger partial charge in [0.1, 0.15) is 11.7 Å². The lowest BCUT2D eigenvalue weighted by atomic mass is 10.1. The van der Waals surface area contributed by atoms with Gasteiger partial charge >= 0.3 is 0 Å². The number of epoxide rings is 1. The molecule has 0 saturated carbocycles. The van der Waals surface area contributed by atoms with Crippen molar-refractivity contribution in [3.05, 3.63) is 35.4 Å². The van der Waals surface area contributed by atoms with Crippen LogP contribution in [0.4, 0.5) is 0 Å². The lowest BCUT2D eigenvalue weighted by Crippen LogP contribution is -2.03. The molecule has 1 aromatic carbocycles. The first kappa shape index (κ1) is 5.78. The van der Waals surface area contributed by atoms with Gasteiger partial charge in [-0.2, -0.15) is 0 Å². The summed E-state index contributed by atoms with van der Waals surface area (Å²) in [6, 6.07) is 8.58. The van der Waals surface area contributed by atoms with Crippen LogP contribution in [0.2, 0.25) is 0 Å². The van der Waals surface area contributed by atoms with E-state index >= 15 is 0 Å². The zero-order valence-corrected chi connectivity index (χ0v) is 6.50. The summed E-state index contributed by atoms with van der Waals surface area (Å²) in [4.78, 5) is 0.